The maximum absolute atomic E-state index is 11.0. The molecular formula is C9H14N2OS. The lowest BCUT2D eigenvalue weighted by Gasteiger charge is -1.99. The summed E-state index contributed by atoms with van der Waals surface area (Å²) in [6.07, 6.45) is 2.34. The molecule has 0 atom stereocenters. The minimum atomic E-state index is -0.251. The van der Waals surface area contributed by atoms with Gasteiger partial charge in [-0.1, -0.05) is 13.3 Å². The number of hydrogen-bond acceptors (Lipinski definition) is 3. The highest BCUT2D eigenvalue weighted by molar-refractivity contribution is 7.99. The first-order chi connectivity index (χ1) is 6.22. The molecule has 0 saturated carbocycles. The number of aryl methyl sites for hydroxylation is 1. The van der Waals surface area contributed by atoms with Gasteiger partial charge in [0.05, 0.1) is 0 Å². The van der Waals surface area contributed by atoms with E-state index in [2.05, 4.69) is 16.9 Å². The fourth-order valence-electron chi connectivity index (χ4n) is 0.945. The van der Waals surface area contributed by atoms with Gasteiger partial charge < -0.3 is 4.98 Å². The Kier molecular flexibility index (Phi) is 4.02. The fourth-order valence-corrected chi connectivity index (χ4v) is 2.00. The van der Waals surface area contributed by atoms with Crippen LogP contribution in [0.15, 0.2) is 15.9 Å². The number of nitrogens with one attached hydrogen (secondary N) is 1. The topological polar surface area (TPSA) is 45.8 Å². The molecule has 1 heterocycles. The van der Waals surface area contributed by atoms with Crippen LogP contribution in [0.25, 0.3) is 0 Å². The zero-order valence-corrected chi connectivity index (χ0v) is 8.78. The molecule has 72 valence electrons. The Labute approximate surface area is 82.0 Å². The van der Waals surface area contributed by atoms with Gasteiger partial charge in [0.25, 0.3) is 0 Å². The summed E-state index contributed by atoms with van der Waals surface area (Å²) in [7, 11) is 0. The van der Waals surface area contributed by atoms with Crippen LogP contribution in [0.3, 0.4) is 0 Å². The van der Waals surface area contributed by atoms with Gasteiger partial charge >= 0.3 is 5.69 Å². The number of aromatic amines is 1. The minimum Gasteiger partial charge on any atom is -0.310 e. The monoisotopic (exact) mass is 198 g/mol. The number of aromatic nitrogens is 2. The SMILES string of the molecule is CCCCSc1cc(C)[nH]c(=O)n1. The molecule has 0 radical (unpaired) electrons. The van der Waals surface area contributed by atoms with Crippen molar-refractivity contribution < 1.29 is 0 Å². The molecule has 1 aromatic rings. The molecular weight excluding hydrogens is 184 g/mol. The number of nitrogens with zero attached hydrogens (tertiary/aromatic N) is 1. The molecule has 3 nitrogen and oxygen atoms in total. The Balaban J connectivity index is 2.61. The molecule has 0 bridgehead atoms. The molecule has 0 aromatic carbocycles. The second kappa shape index (κ2) is 5.07. The Bertz CT molecular complexity index is 322. The standard InChI is InChI=1S/C9H14N2OS/c1-3-4-5-13-8-6-7(2)10-9(12)11-8/h6H,3-5H2,1-2H3,(H,10,11,12). The van der Waals surface area contributed by atoms with Crippen molar-refractivity contribution >= 4 is 11.8 Å². The zero-order chi connectivity index (χ0) is 9.68. The van der Waals surface area contributed by atoms with Crippen molar-refractivity contribution in [2.24, 2.45) is 0 Å². The highest BCUT2D eigenvalue weighted by Gasteiger charge is 1.97. The summed E-state index contributed by atoms with van der Waals surface area (Å²) < 4.78 is 0. The van der Waals surface area contributed by atoms with Crippen LogP contribution in [0.1, 0.15) is 25.5 Å². The van der Waals surface area contributed by atoms with Gasteiger partial charge in [0.15, 0.2) is 0 Å². The van der Waals surface area contributed by atoms with Crippen LogP contribution < -0.4 is 5.69 Å². The molecule has 0 spiro atoms. The summed E-state index contributed by atoms with van der Waals surface area (Å²) in [5.41, 5.74) is 0.623. The van der Waals surface area contributed by atoms with E-state index in [0.717, 1.165) is 22.9 Å². The van der Waals surface area contributed by atoms with Gasteiger partial charge in [0.1, 0.15) is 5.03 Å². The van der Waals surface area contributed by atoms with E-state index in [9.17, 15) is 4.79 Å². The van der Waals surface area contributed by atoms with Crippen molar-refractivity contribution in [2.75, 3.05) is 5.75 Å². The highest BCUT2D eigenvalue weighted by atomic mass is 32.2. The predicted molar refractivity (Wildman–Crippen MR) is 55.2 cm³/mol. The number of unbranched alkanes of at least 4 members (excludes halogenated alkanes) is 1. The molecule has 0 aliphatic rings. The van der Waals surface area contributed by atoms with Gasteiger partial charge in [-0.15, -0.1) is 11.8 Å². The fraction of sp³-hybridized carbons (Fsp3) is 0.556. The quantitative estimate of drug-likeness (QED) is 0.457. The van der Waals surface area contributed by atoms with E-state index in [4.69, 9.17) is 0 Å². The van der Waals surface area contributed by atoms with Gasteiger partial charge in [-0.05, 0) is 25.2 Å². The smallest absolute Gasteiger partial charge is 0.310 e. The van der Waals surface area contributed by atoms with Crippen LogP contribution in [0.4, 0.5) is 0 Å². The third kappa shape index (κ3) is 3.63. The zero-order valence-electron chi connectivity index (χ0n) is 7.96. The third-order valence-electron chi connectivity index (χ3n) is 1.60. The first-order valence-electron chi connectivity index (χ1n) is 4.43. The molecule has 1 aromatic heterocycles. The molecule has 0 saturated heterocycles. The van der Waals surface area contributed by atoms with Gasteiger partial charge in [-0.2, -0.15) is 4.98 Å². The van der Waals surface area contributed by atoms with E-state index in [-0.39, 0.29) is 5.69 Å². The second-order valence-corrected chi connectivity index (χ2v) is 4.02. The van der Waals surface area contributed by atoms with Crippen molar-refractivity contribution in [2.45, 2.75) is 31.7 Å². The van der Waals surface area contributed by atoms with Crippen molar-refractivity contribution in [1.82, 2.24) is 9.97 Å². The van der Waals surface area contributed by atoms with Gasteiger partial charge in [0.2, 0.25) is 0 Å². The van der Waals surface area contributed by atoms with Crippen LogP contribution in [0.2, 0.25) is 0 Å². The van der Waals surface area contributed by atoms with Crippen molar-refractivity contribution in [3.05, 3.63) is 22.2 Å². The molecule has 0 aliphatic heterocycles. The van der Waals surface area contributed by atoms with Crippen LogP contribution in [0, 0.1) is 6.92 Å². The number of H-pyrrole nitrogens is 1. The van der Waals surface area contributed by atoms with Crippen LogP contribution in [0.5, 0.6) is 0 Å². The first kappa shape index (κ1) is 10.3. The molecule has 0 amide bonds. The lowest BCUT2D eigenvalue weighted by molar-refractivity contribution is 0.890. The van der Waals surface area contributed by atoms with Crippen molar-refractivity contribution in [1.29, 1.82) is 0 Å². The largest absolute Gasteiger partial charge is 0.346 e. The Morgan fingerprint density at radius 1 is 1.62 bits per heavy atom. The summed E-state index contributed by atoms with van der Waals surface area (Å²) in [6, 6.07) is 1.90. The third-order valence-corrected chi connectivity index (χ3v) is 2.60. The number of thioether (sulfide) groups is 1. The number of hydrogen-bond donors (Lipinski definition) is 1. The van der Waals surface area contributed by atoms with E-state index in [1.54, 1.807) is 11.8 Å². The average molecular weight is 198 g/mol. The van der Waals surface area contributed by atoms with Gasteiger partial charge in [0, 0.05) is 5.69 Å². The predicted octanol–water partition coefficient (Wildman–Crippen LogP) is 1.97. The summed E-state index contributed by atoms with van der Waals surface area (Å²) in [6.45, 7) is 4.02. The first-order valence-corrected chi connectivity index (χ1v) is 5.41. The molecule has 4 heteroatoms. The summed E-state index contributed by atoms with van der Waals surface area (Å²) >= 11 is 1.64. The van der Waals surface area contributed by atoms with E-state index in [1.807, 2.05) is 13.0 Å². The average Bonchev–Trinajstić information content (AvgIpc) is 2.03. The molecule has 0 aliphatic carbocycles. The van der Waals surface area contributed by atoms with E-state index < -0.39 is 0 Å². The minimum absolute atomic E-state index is 0.251. The normalized spacial score (nSPS) is 10.3. The Hall–Kier alpha value is -0.770. The van der Waals surface area contributed by atoms with Gasteiger partial charge in [-0.25, -0.2) is 4.79 Å². The highest BCUT2D eigenvalue weighted by Crippen LogP contribution is 2.15. The Morgan fingerprint density at radius 2 is 2.38 bits per heavy atom. The lowest BCUT2D eigenvalue weighted by Crippen LogP contribution is -2.11. The molecule has 0 fully saturated rings. The Morgan fingerprint density at radius 3 is 3.00 bits per heavy atom. The maximum Gasteiger partial charge on any atom is 0.346 e. The van der Waals surface area contributed by atoms with Crippen LogP contribution in [-0.2, 0) is 0 Å². The molecule has 13 heavy (non-hydrogen) atoms. The van der Waals surface area contributed by atoms with Crippen LogP contribution >= 0.6 is 11.8 Å². The number of rotatable bonds is 4. The molecule has 1 N–H and O–H groups in total. The van der Waals surface area contributed by atoms with Gasteiger partial charge in [-0.3, -0.25) is 0 Å². The summed E-state index contributed by atoms with van der Waals surface area (Å²) in [5.74, 6) is 1.03. The lowest BCUT2D eigenvalue weighted by atomic mass is 10.4. The summed E-state index contributed by atoms with van der Waals surface area (Å²) in [4.78, 5) is 17.4. The molecule has 0 unspecified atom stereocenters. The van der Waals surface area contributed by atoms with E-state index in [0.29, 0.717) is 0 Å². The van der Waals surface area contributed by atoms with E-state index in [1.165, 1.54) is 6.42 Å². The summed E-state index contributed by atoms with van der Waals surface area (Å²) in [5, 5.41) is 0.828. The second-order valence-electron chi connectivity index (χ2n) is 2.91. The maximum atomic E-state index is 11.0. The molecule has 1 rings (SSSR count). The van der Waals surface area contributed by atoms with Crippen molar-refractivity contribution in [3.8, 4) is 0 Å². The van der Waals surface area contributed by atoms with E-state index >= 15 is 0 Å². The van der Waals surface area contributed by atoms with Crippen LogP contribution in [-0.4, -0.2) is 15.7 Å². The van der Waals surface area contributed by atoms with Crippen molar-refractivity contribution in [3.63, 3.8) is 0 Å².